The Morgan fingerprint density at radius 1 is 1.00 bits per heavy atom. The van der Waals surface area contributed by atoms with Gasteiger partial charge in [0.1, 0.15) is 18.0 Å². The minimum absolute atomic E-state index is 0.815. The normalized spacial score (nSPS) is 10.6. The number of fused-ring (bicyclic) bond motifs is 1. The highest BCUT2D eigenvalue weighted by molar-refractivity contribution is 5.92. The molecule has 0 aliphatic heterocycles. The molecule has 2 heterocycles. The van der Waals surface area contributed by atoms with Crippen molar-refractivity contribution in [3.05, 3.63) is 48.4 Å². The van der Waals surface area contributed by atoms with Crippen LogP contribution >= 0.6 is 0 Å². The number of rotatable bonds is 4. The van der Waals surface area contributed by atoms with E-state index >= 15 is 0 Å². The van der Waals surface area contributed by atoms with Gasteiger partial charge in [-0.3, -0.25) is 4.98 Å². The fraction of sp³-hybridized carbons (Fsp3) is 0.188. The number of para-hydroxylation sites is 1. The van der Waals surface area contributed by atoms with E-state index in [1.54, 1.807) is 12.5 Å². The summed E-state index contributed by atoms with van der Waals surface area (Å²) in [4.78, 5) is 13.1. The zero-order chi connectivity index (χ0) is 14.7. The van der Waals surface area contributed by atoms with Crippen LogP contribution in [0, 0.1) is 0 Å². The molecule has 3 aromatic rings. The van der Waals surface area contributed by atoms with Gasteiger partial charge in [-0.1, -0.05) is 25.1 Å². The van der Waals surface area contributed by atoms with Gasteiger partial charge in [-0.15, -0.1) is 0 Å². The Labute approximate surface area is 123 Å². The first kappa shape index (κ1) is 13.3. The first-order chi connectivity index (χ1) is 10.3. The van der Waals surface area contributed by atoms with Crippen molar-refractivity contribution in [3.63, 3.8) is 0 Å². The van der Waals surface area contributed by atoms with Crippen LogP contribution < -0.4 is 10.6 Å². The van der Waals surface area contributed by atoms with Gasteiger partial charge in [-0.2, -0.15) is 0 Å². The Morgan fingerprint density at radius 3 is 2.62 bits per heavy atom. The number of nitrogens with one attached hydrogen (secondary N) is 2. The molecular formula is C16H17N5. The number of pyridine rings is 1. The van der Waals surface area contributed by atoms with E-state index in [0.29, 0.717) is 0 Å². The topological polar surface area (TPSA) is 62.7 Å². The molecule has 106 valence electrons. The lowest BCUT2D eigenvalue weighted by molar-refractivity contribution is 1.05. The van der Waals surface area contributed by atoms with Crippen molar-refractivity contribution in [2.75, 3.05) is 17.7 Å². The van der Waals surface area contributed by atoms with Crippen molar-refractivity contribution in [3.8, 4) is 0 Å². The number of benzene rings is 1. The molecule has 0 aliphatic rings. The van der Waals surface area contributed by atoms with Gasteiger partial charge in [0.15, 0.2) is 0 Å². The summed E-state index contributed by atoms with van der Waals surface area (Å²) in [5, 5.41) is 7.59. The van der Waals surface area contributed by atoms with Gasteiger partial charge in [0, 0.05) is 24.2 Å². The summed E-state index contributed by atoms with van der Waals surface area (Å²) in [6.45, 7) is 2.09. The maximum atomic E-state index is 4.45. The molecule has 1 aromatic carbocycles. The third-order valence-corrected chi connectivity index (χ3v) is 3.42. The molecule has 3 rings (SSSR count). The van der Waals surface area contributed by atoms with E-state index in [0.717, 1.165) is 40.2 Å². The second-order valence-electron chi connectivity index (χ2n) is 4.66. The summed E-state index contributed by atoms with van der Waals surface area (Å²) in [5.74, 6) is 1.66. The average Bonchev–Trinajstić information content (AvgIpc) is 2.55. The smallest absolute Gasteiger partial charge is 0.139 e. The Kier molecular flexibility index (Phi) is 3.64. The predicted octanol–water partition coefficient (Wildman–Crippen LogP) is 3.37. The summed E-state index contributed by atoms with van der Waals surface area (Å²) < 4.78 is 0. The van der Waals surface area contributed by atoms with Gasteiger partial charge in [-0.25, -0.2) is 9.97 Å². The Morgan fingerprint density at radius 2 is 1.81 bits per heavy atom. The maximum Gasteiger partial charge on any atom is 0.139 e. The van der Waals surface area contributed by atoms with Gasteiger partial charge in [0.2, 0.25) is 0 Å². The monoisotopic (exact) mass is 279 g/mol. The van der Waals surface area contributed by atoms with Gasteiger partial charge in [-0.05, 0) is 18.6 Å². The summed E-state index contributed by atoms with van der Waals surface area (Å²) in [5.41, 5.74) is 2.95. The summed E-state index contributed by atoms with van der Waals surface area (Å²) in [7, 11) is 1.87. The number of hydrogen-bond donors (Lipinski definition) is 2. The average molecular weight is 279 g/mol. The molecule has 0 saturated carbocycles. The van der Waals surface area contributed by atoms with Gasteiger partial charge in [0.05, 0.1) is 11.2 Å². The second kappa shape index (κ2) is 5.75. The fourth-order valence-electron chi connectivity index (χ4n) is 2.40. The molecule has 2 N–H and O–H groups in total. The predicted molar refractivity (Wildman–Crippen MR) is 86.0 cm³/mol. The van der Waals surface area contributed by atoms with Crippen molar-refractivity contribution >= 4 is 28.2 Å². The Hall–Kier alpha value is -2.69. The minimum atomic E-state index is 0.815. The molecule has 0 aliphatic carbocycles. The molecule has 0 unspecified atom stereocenters. The number of hydrogen-bond acceptors (Lipinski definition) is 5. The lowest BCUT2D eigenvalue weighted by Gasteiger charge is -2.13. The first-order valence-electron chi connectivity index (χ1n) is 6.96. The largest absolute Gasteiger partial charge is 0.373 e. The van der Waals surface area contributed by atoms with E-state index < -0.39 is 0 Å². The molecule has 0 saturated heterocycles. The van der Waals surface area contributed by atoms with Crippen LogP contribution in [-0.2, 0) is 6.42 Å². The zero-order valence-corrected chi connectivity index (χ0v) is 12.1. The van der Waals surface area contributed by atoms with E-state index in [2.05, 4.69) is 32.5 Å². The maximum absolute atomic E-state index is 4.45. The molecule has 2 aromatic heterocycles. The van der Waals surface area contributed by atoms with Crippen LogP contribution in [0.25, 0.3) is 10.9 Å². The molecule has 0 spiro atoms. The highest BCUT2D eigenvalue weighted by Gasteiger charge is 2.10. The molecule has 0 fully saturated rings. The quantitative estimate of drug-likeness (QED) is 0.766. The third kappa shape index (κ3) is 2.50. The molecule has 5 heteroatoms. The number of nitrogens with zero attached hydrogens (tertiary/aromatic N) is 3. The summed E-state index contributed by atoms with van der Waals surface area (Å²) >= 11 is 0. The van der Waals surface area contributed by atoms with Crippen LogP contribution in [0.1, 0.15) is 12.5 Å². The molecule has 0 radical (unpaired) electrons. The zero-order valence-electron chi connectivity index (χ0n) is 12.1. The minimum Gasteiger partial charge on any atom is -0.373 e. The van der Waals surface area contributed by atoms with Gasteiger partial charge < -0.3 is 10.6 Å². The van der Waals surface area contributed by atoms with Gasteiger partial charge >= 0.3 is 0 Å². The third-order valence-electron chi connectivity index (χ3n) is 3.42. The molecule has 5 nitrogen and oxygen atoms in total. The van der Waals surface area contributed by atoms with E-state index in [9.17, 15) is 0 Å². The van der Waals surface area contributed by atoms with Crippen LogP contribution in [0.5, 0.6) is 0 Å². The summed E-state index contributed by atoms with van der Waals surface area (Å²) in [6, 6.07) is 10.1. The molecule has 0 amide bonds. The van der Waals surface area contributed by atoms with Crippen LogP contribution in [0.15, 0.2) is 42.9 Å². The lowest BCUT2D eigenvalue weighted by atomic mass is 10.1. The Balaban J connectivity index is 2.07. The summed E-state index contributed by atoms with van der Waals surface area (Å²) in [6.07, 6.45) is 4.21. The van der Waals surface area contributed by atoms with Crippen molar-refractivity contribution in [2.45, 2.75) is 13.3 Å². The molecular weight excluding hydrogens is 262 g/mol. The van der Waals surface area contributed by atoms with Crippen LogP contribution in [0.3, 0.4) is 0 Å². The molecule has 0 bridgehead atoms. The van der Waals surface area contributed by atoms with Crippen LogP contribution in [-0.4, -0.2) is 22.0 Å². The SMILES string of the molecule is CCc1c(NC)ncnc1Nc1cccc2cccnc12. The van der Waals surface area contributed by atoms with E-state index in [4.69, 9.17) is 0 Å². The highest BCUT2D eigenvalue weighted by atomic mass is 15.1. The Bertz CT molecular complexity index is 764. The van der Waals surface area contributed by atoms with Crippen molar-refractivity contribution in [2.24, 2.45) is 0 Å². The molecule has 21 heavy (non-hydrogen) atoms. The van der Waals surface area contributed by atoms with Gasteiger partial charge in [0.25, 0.3) is 0 Å². The van der Waals surface area contributed by atoms with E-state index in [-0.39, 0.29) is 0 Å². The van der Waals surface area contributed by atoms with Crippen LogP contribution in [0.4, 0.5) is 17.3 Å². The highest BCUT2D eigenvalue weighted by Crippen LogP contribution is 2.27. The lowest BCUT2D eigenvalue weighted by Crippen LogP contribution is -2.05. The fourth-order valence-corrected chi connectivity index (χ4v) is 2.40. The number of aromatic nitrogens is 3. The number of anilines is 3. The standard InChI is InChI=1S/C16H17N5/c1-3-12-15(17-2)19-10-20-16(12)21-13-8-4-6-11-7-5-9-18-14(11)13/h4-10H,3H2,1-2H3,(H2,17,19,20,21). The van der Waals surface area contributed by atoms with E-state index in [1.807, 2.05) is 37.4 Å². The van der Waals surface area contributed by atoms with Crippen molar-refractivity contribution in [1.82, 2.24) is 15.0 Å². The molecule has 0 atom stereocenters. The van der Waals surface area contributed by atoms with Crippen LogP contribution in [0.2, 0.25) is 0 Å². The first-order valence-corrected chi connectivity index (χ1v) is 6.96. The van der Waals surface area contributed by atoms with Crippen molar-refractivity contribution < 1.29 is 0 Å². The second-order valence-corrected chi connectivity index (χ2v) is 4.66. The van der Waals surface area contributed by atoms with Crippen molar-refractivity contribution in [1.29, 1.82) is 0 Å². The van der Waals surface area contributed by atoms with E-state index in [1.165, 1.54) is 0 Å².